The lowest BCUT2D eigenvalue weighted by Crippen LogP contribution is -3.18. The maximum atomic E-state index is 4.09. The van der Waals surface area contributed by atoms with E-state index in [9.17, 15) is 0 Å². The smallest absolute Gasteiger partial charge is 0.0957 e. The summed E-state index contributed by atoms with van der Waals surface area (Å²) in [7, 11) is 0. The third kappa shape index (κ3) is 1.50. The van der Waals surface area contributed by atoms with Gasteiger partial charge in [0, 0.05) is 6.42 Å². The molecule has 2 aliphatic heterocycles. The Morgan fingerprint density at radius 3 is 2.75 bits per heavy atom. The van der Waals surface area contributed by atoms with E-state index in [-0.39, 0.29) is 0 Å². The summed E-state index contributed by atoms with van der Waals surface area (Å²) in [5, 5.41) is 0. The van der Waals surface area contributed by atoms with E-state index >= 15 is 0 Å². The number of hydrogen-bond acceptors (Lipinski definition) is 0. The van der Waals surface area contributed by atoms with Gasteiger partial charge in [0.25, 0.3) is 0 Å². The Balaban J connectivity index is 1.99. The van der Waals surface area contributed by atoms with E-state index < -0.39 is 0 Å². The van der Waals surface area contributed by atoms with Crippen molar-refractivity contribution < 1.29 is 10.6 Å². The summed E-state index contributed by atoms with van der Waals surface area (Å²) < 4.78 is 0. The lowest BCUT2D eigenvalue weighted by molar-refractivity contribution is -0.941. The van der Waals surface area contributed by atoms with Crippen LogP contribution in [0, 0.1) is 5.92 Å². The molecule has 2 fully saturated rings. The first-order valence-corrected chi connectivity index (χ1v) is 5.55. The zero-order valence-electron chi connectivity index (χ0n) is 8.02. The van der Waals surface area contributed by atoms with Crippen LogP contribution in [0.4, 0.5) is 0 Å². The molecule has 70 valence electrons. The molecule has 2 nitrogen and oxygen atoms in total. The molecule has 0 radical (unpaired) electrons. The summed E-state index contributed by atoms with van der Waals surface area (Å²) in [6, 6.07) is 0.991. The number of hydrogen-bond donors (Lipinski definition) is 2. The fourth-order valence-corrected chi connectivity index (χ4v) is 3.12. The summed E-state index contributed by atoms with van der Waals surface area (Å²) in [5.74, 6) is 0.953. The van der Waals surface area contributed by atoms with Gasteiger partial charge in [-0.3, -0.25) is 0 Å². The first-order valence-electron chi connectivity index (χ1n) is 5.55. The highest BCUT2D eigenvalue weighted by Gasteiger charge is 2.36. The fraction of sp³-hybridized carbons (Fsp3) is 1.00. The Hall–Kier alpha value is -0.0800. The van der Waals surface area contributed by atoms with E-state index in [0.29, 0.717) is 0 Å². The van der Waals surface area contributed by atoms with Gasteiger partial charge in [-0.05, 0) is 25.7 Å². The van der Waals surface area contributed by atoms with E-state index in [1.807, 2.05) is 4.90 Å². The van der Waals surface area contributed by atoms with Crippen LogP contribution in [0.2, 0.25) is 0 Å². The van der Waals surface area contributed by atoms with Crippen LogP contribution >= 0.6 is 0 Å². The first kappa shape index (κ1) is 8.52. The topological polar surface area (TPSA) is 32.1 Å². The lowest BCUT2D eigenvalue weighted by Gasteiger charge is -2.40. The summed E-state index contributed by atoms with van der Waals surface area (Å²) in [6.45, 7) is 4.07. The van der Waals surface area contributed by atoms with E-state index in [1.165, 1.54) is 51.7 Å². The minimum Gasteiger partial charge on any atom is -0.357 e. The lowest BCUT2D eigenvalue weighted by atomic mass is 9.84. The Labute approximate surface area is 75.1 Å². The van der Waals surface area contributed by atoms with Crippen LogP contribution in [-0.2, 0) is 0 Å². The number of fused-ring (bicyclic) bond motifs is 1. The van der Waals surface area contributed by atoms with Gasteiger partial charge in [0.05, 0.1) is 31.6 Å². The maximum Gasteiger partial charge on any atom is 0.0957 e. The molecule has 0 aromatic heterocycles. The highest BCUT2D eigenvalue weighted by atomic mass is 15.2. The summed E-state index contributed by atoms with van der Waals surface area (Å²) in [6.07, 6.45) is 7.33. The number of nitrogens with one attached hydrogen (secondary N) is 1. The van der Waals surface area contributed by atoms with Crippen LogP contribution < -0.4 is 10.6 Å². The van der Waals surface area contributed by atoms with Gasteiger partial charge >= 0.3 is 0 Å². The Morgan fingerprint density at radius 1 is 1.08 bits per heavy atom. The molecule has 0 aromatic rings. The molecular weight excluding hydrogens is 148 g/mol. The quantitative estimate of drug-likeness (QED) is 0.510. The van der Waals surface area contributed by atoms with Gasteiger partial charge in [-0.15, -0.1) is 0 Å². The largest absolute Gasteiger partial charge is 0.357 e. The van der Waals surface area contributed by atoms with Gasteiger partial charge in [-0.2, -0.15) is 0 Å². The third-order valence-electron chi connectivity index (χ3n) is 3.80. The zero-order valence-corrected chi connectivity index (χ0v) is 8.02. The molecule has 3 atom stereocenters. The number of rotatable bonds is 1. The van der Waals surface area contributed by atoms with Gasteiger partial charge in [-0.1, -0.05) is 0 Å². The Bertz CT molecular complexity index is 138. The highest BCUT2D eigenvalue weighted by Crippen LogP contribution is 2.18. The minimum absolute atomic E-state index is 0.953. The molecule has 0 saturated carbocycles. The molecule has 12 heavy (non-hydrogen) atoms. The van der Waals surface area contributed by atoms with Crippen LogP contribution in [-0.4, -0.2) is 25.7 Å². The van der Waals surface area contributed by atoms with Crippen LogP contribution in [0.5, 0.6) is 0 Å². The molecule has 0 amide bonds. The predicted molar refractivity (Wildman–Crippen MR) is 48.8 cm³/mol. The second kappa shape index (κ2) is 3.75. The van der Waals surface area contributed by atoms with Crippen molar-refractivity contribution in [2.75, 3.05) is 19.6 Å². The molecule has 0 aliphatic carbocycles. The average Bonchev–Trinajstić information content (AvgIpc) is 2.17. The van der Waals surface area contributed by atoms with Crippen LogP contribution in [0.1, 0.15) is 32.1 Å². The summed E-state index contributed by atoms with van der Waals surface area (Å²) >= 11 is 0. The monoisotopic (exact) mass is 170 g/mol. The van der Waals surface area contributed by atoms with Crippen LogP contribution in [0.15, 0.2) is 0 Å². The van der Waals surface area contributed by atoms with Gasteiger partial charge in [-0.25, -0.2) is 0 Å². The molecule has 0 aromatic carbocycles. The van der Waals surface area contributed by atoms with Crippen molar-refractivity contribution in [3.8, 4) is 0 Å². The van der Waals surface area contributed by atoms with Crippen molar-refractivity contribution in [2.24, 2.45) is 5.92 Å². The predicted octanol–water partition coefficient (Wildman–Crippen LogP) is -0.924. The summed E-state index contributed by atoms with van der Waals surface area (Å²) in [4.78, 5) is 1.90. The molecule has 2 rings (SSSR count). The Morgan fingerprint density at radius 2 is 1.92 bits per heavy atom. The van der Waals surface area contributed by atoms with Crippen molar-refractivity contribution >= 4 is 0 Å². The molecule has 2 saturated heterocycles. The molecular formula is C10H22N2+2. The van der Waals surface area contributed by atoms with Gasteiger partial charge in [0.1, 0.15) is 0 Å². The van der Waals surface area contributed by atoms with Crippen molar-refractivity contribution in [2.45, 2.75) is 38.1 Å². The van der Waals surface area contributed by atoms with E-state index in [0.717, 1.165) is 12.0 Å². The van der Waals surface area contributed by atoms with E-state index in [1.54, 1.807) is 0 Å². The normalized spacial score (nSPS) is 42.2. The molecule has 0 bridgehead atoms. The molecule has 4 N–H and O–H groups in total. The van der Waals surface area contributed by atoms with Crippen LogP contribution in [0.25, 0.3) is 0 Å². The molecule has 2 heterocycles. The first-order chi connectivity index (χ1) is 5.92. The maximum absolute atomic E-state index is 4.09. The number of piperidine rings is 2. The SMILES string of the molecule is [NH3+]C[C@@H]1CCC[NH+]2CCCC[C@H]12. The third-order valence-corrected chi connectivity index (χ3v) is 3.80. The second-order valence-electron chi connectivity index (χ2n) is 4.45. The van der Waals surface area contributed by atoms with Gasteiger partial charge in [0.15, 0.2) is 0 Å². The van der Waals surface area contributed by atoms with Crippen molar-refractivity contribution in [3.63, 3.8) is 0 Å². The van der Waals surface area contributed by atoms with Gasteiger partial charge < -0.3 is 10.6 Å². The van der Waals surface area contributed by atoms with Crippen LogP contribution in [0.3, 0.4) is 0 Å². The Kier molecular flexibility index (Phi) is 2.66. The zero-order chi connectivity index (χ0) is 8.39. The molecule has 2 heteroatoms. The second-order valence-corrected chi connectivity index (χ2v) is 4.45. The van der Waals surface area contributed by atoms with Crippen molar-refractivity contribution in [1.82, 2.24) is 0 Å². The minimum atomic E-state index is 0.953. The van der Waals surface area contributed by atoms with E-state index in [2.05, 4.69) is 5.73 Å². The molecule has 1 unspecified atom stereocenters. The highest BCUT2D eigenvalue weighted by molar-refractivity contribution is 4.74. The fourth-order valence-electron chi connectivity index (χ4n) is 3.12. The number of quaternary nitrogens is 2. The molecule has 2 aliphatic rings. The van der Waals surface area contributed by atoms with Gasteiger partial charge in [0.2, 0.25) is 0 Å². The van der Waals surface area contributed by atoms with Crippen molar-refractivity contribution in [3.05, 3.63) is 0 Å². The average molecular weight is 170 g/mol. The van der Waals surface area contributed by atoms with Crippen molar-refractivity contribution in [1.29, 1.82) is 0 Å². The summed E-state index contributed by atoms with van der Waals surface area (Å²) in [5.41, 5.74) is 4.09. The van der Waals surface area contributed by atoms with E-state index in [4.69, 9.17) is 0 Å². The molecule has 0 spiro atoms. The standard InChI is InChI=1S/C10H20N2/c11-8-9-4-3-7-12-6-2-1-5-10(9)12/h9-10H,1-8,11H2/p+2/t9-,10+/m0/s1.